The highest BCUT2D eigenvalue weighted by molar-refractivity contribution is 8.26. The molecular weight excluding hydrogens is 356 g/mol. The average molecular weight is 370 g/mol. The van der Waals surface area contributed by atoms with Crippen molar-refractivity contribution in [1.29, 1.82) is 0 Å². The van der Waals surface area contributed by atoms with E-state index in [2.05, 4.69) is 0 Å². The Morgan fingerprint density at radius 2 is 2.17 bits per heavy atom. The number of nitro groups is 1. The third-order valence-electron chi connectivity index (χ3n) is 3.18. The summed E-state index contributed by atoms with van der Waals surface area (Å²) in [6.07, 6.45) is 1.47. The molecule has 0 atom stereocenters. The summed E-state index contributed by atoms with van der Waals surface area (Å²) in [4.78, 5) is 24.4. The monoisotopic (exact) mass is 370 g/mol. The first kappa shape index (κ1) is 18.2. The molecular formula is C14H14N2O6S2. The zero-order valence-electron chi connectivity index (χ0n) is 12.8. The fourth-order valence-electron chi connectivity index (χ4n) is 2.02. The molecule has 1 fully saturated rings. The average Bonchev–Trinajstić information content (AvgIpc) is 2.80. The number of phenolic OH excluding ortho intramolecular Hbond substituents is 1. The van der Waals surface area contributed by atoms with Crippen molar-refractivity contribution in [3.63, 3.8) is 0 Å². The molecule has 1 N–H and O–H groups in total. The van der Waals surface area contributed by atoms with E-state index in [9.17, 15) is 20.0 Å². The van der Waals surface area contributed by atoms with Gasteiger partial charge >= 0.3 is 5.69 Å². The van der Waals surface area contributed by atoms with Crippen LogP contribution in [0.2, 0.25) is 0 Å². The van der Waals surface area contributed by atoms with Crippen molar-refractivity contribution in [3.05, 3.63) is 32.7 Å². The van der Waals surface area contributed by atoms with E-state index in [1.807, 2.05) is 0 Å². The second kappa shape index (κ2) is 7.60. The Bertz CT molecular complexity index is 734. The van der Waals surface area contributed by atoms with Gasteiger partial charge in [0.05, 0.1) is 30.1 Å². The number of nitrogens with zero attached hydrogens (tertiary/aromatic N) is 2. The van der Waals surface area contributed by atoms with Crippen LogP contribution in [0.5, 0.6) is 11.5 Å². The van der Waals surface area contributed by atoms with Gasteiger partial charge in [-0.3, -0.25) is 19.8 Å². The minimum absolute atomic E-state index is 0.0506. The Balaban J connectivity index is 2.38. The van der Waals surface area contributed by atoms with Gasteiger partial charge in [0, 0.05) is 13.2 Å². The summed E-state index contributed by atoms with van der Waals surface area (Å²) in [5.74, 6) is -0.908. The van der Waals surface area contributed by atoms with Crippen LogP contribution in [0, 0.1) is 10.1 Å². The van der Waals surface area contributed by atoms with Crippen LogP contribution < -0.4 is 4.74 Å². The van der Waals surface area contributed by atoms with Crippen LogP contribution in [0.4, 0.5) is 5.69 Å². The number of aromatic hydroxyl groups is 1. The molecule has 2 rings (SSSR count). The predicted octanol–water partition coefficient (Wildman–Crippen LogP) is 2.16. The fraction of sp³-hybridized carbons (Fsp3) is 0.286. The van der Waals surface area contributed by atoms with E-state index in [-0.39, 0.29) is 11.7 Å². The molecule has 0 spiro atoms. The molecule has 1 aliphatic rings. The highest BCUT2D eigenvalue weighted by Crippen LogP contribution is 2.39. The maximum atomic E-state index is 12.3. The molecule has 1 amide bonds. The van der Waals surface area contributed by atoms with Crippen molar-refractivity contribution in [3.8, 4) is 11.5 Å². The molecule has 0 unspecified atom stereocenters. The quantitative estimate of drug-likeness (QED) is 0.352. The first-order valence-corrected chi connectivity index (χ1v) is 7.91. The zero-order chi connectivity index (χ0) is 17.9. The number of rotatable bonds is 6. The summed E-state index contributed by atoms with van der Waals surface area (Å²) >= 11 is 6.26. The maximum absolute atomic E-state index is 12.3. The van der Waals surface area contributed by atoms with Gasteiger partial charge in [-0.05, 0) is 17.7 Å². The number of thioether (sulfide) groups is 1. The van der Waals surface area contributed by atoms with Crippen LogP contribution >= 0.6 is 24.0 Å². The number of carbonyl (C=O) groups excluding carboxylic acids is 1. The first-order chi connectivity index (χ1) is 11.4. The second-order valence-corrected chi connectivity index (χ2v) is 6.35. The molecule has 0 aliphatic carbocycles. The number of carbonyl (C=O) groups is 1. The van der Waals surface area contributed by atoms with E-state index < -0.39 is 16.4 Å². The van der Waals surface area contributed by atoms with E-state index in [1.165, 1.54) is 37.3 Å². The van der Waals surface area contributed by atoms with Crippen LogP contribution in [0.25, 0.3) is 6.08 Å². The van der Waals surface area contributed by atoms with Gasteiger partial charge in [-0.25, -0.2) is 0 Å². The molecule has 24 heavy (non-hydrogen) atoms. The van der Waals surface area contributed by atoms with Gasteiger partial charge in [0.25, 0.3) is 5.91 Å². The second-order valence-electron chi connectivity index (χ2n) is 4.67. The van der Waals surface area contributed by atoms with Gasteiger partial charge in [-0.1, -0.05) is 24.0 Å². The SMILES string of the molecule is COCCN1C(=O)C(=Cc2cc(OC)c(O)c([N+](=O)[O-])c2)SC1=S. The standard InChI is InChI=1S/C14H14N2O6S2/c1-21-4-3-15-13(18)11(24-14(15)23)7-8-5-9(16(19)20)12(17)10(6-8)22-2/h5-7,17H,3-4H2,1-2H3. The molecule has 1 aromatic rings. The molecule has 1 heterocycles. The number of benzene rings is 1. The lowest BCUT2D eigenvalue weighted by molar-refractivity contribution is -0.386. The summed E-state index contributed by atoms with van der Waals surface area (Å²) in [7, 11) is 2.81. The number of amides is 1. The van der Waals surface area contributed by atoms with Crippen LogP contribution in [-0.4, -0.2) is 52.5 Å². The molecule has 0 saturated carbocycles. The summed E-state index contributed by atoms with van der Waals surface area (Å²) in [6.45, 7) is 0.676. The molecule has 0 radical (unpaired) electrons. The topological polar surface area (TPSA) is 102 Å². The number of hydrogen-bond acceptors (Lipinski definition) is 8. The van der Waals surface area contributed by atoms with Crippen molar-refractivity contribution >= 4 is 46.0 Å². The van der Waals surface area contributed by atoms with Crippen LogP contribution in [-0.2, 0) is 9.53 Å². The number of ether oxygens (including phenoxy) is 2. The molecule has 10 heteroatoms. The predicted molar refractivity (Wildman–Crippen MR) is 93.1 cm³/mol. The summed E-state index contributed by atoms with van der Waals surface area (Å²) in [6, 6.07) is 2.57. The first-order valence-electron chi connectivity index (χ1n) is 6.68. The number of nitro benzene ring substituents is 1. The van der Waals surface area contributed by atoms with E-state index in [0.717, 1.165) is 11.8 Å². The third-order valence-corrected chi connectivity index (χ3v) is 4.56. The lowest BCUT2D eigenvalue weighted by Gasteiger charge is -2.12. The maximum Gasteiger partial charge on any atom is 0.315 e. The molecule has 128 valence electrons. The Morgan fingerprint density at radius 1 is 1.46 bits per heavy atom. The highest BCUT2D eigenvalue weighted by Gasteiger charge is 2.32. The molecule has 0 aromatic heterocycles. The Morgan fingerprint density at radius 3 is 2.75 bits per heavy atom. The lowest BCUT2D eigenvalue weighted by Crippen LogP contribution is -2.31. The van der Waals surface area contributed by atoms with E-state index in [1.54, 1.807) is 0 Å². The van der Waals surface area contributed by atoms with E-state index >= 15 is 0 Å². The minimum Gasteiger partial charge on any atom is -0.500 e. The number of methoxy groups -OCH3 is 2. The summed E-state index contributed by atoms with van der Waals surface area (Å²) in [5, 5.41) is 20.8. The van der Waals surface area contributed by atoms with Crippen molar-refractivity contribution < 1.29 is 24.3 Å². The normalized spacial score (nSPS) is 16.1. The van der Waals surface area contributed by atoms with Crippen LogP contribution in [0.3, 0.4) is 0 Å². The van der Waals surface area contributed by atoms with Gasteiger partial charge in [-0.2, -0.15) is 0 Å². The van der Waals surface area contributed by atoms with Gasteiger partial charge < -0.3 is 14.6 Å². The van der Waals surface area contributed by atoms with E-state index in [0.29, 0.717) is 27.9 Å². The largest absolute Gasteiger partial charge is 0.500 e. The number of thiocarbonyl (C=S) groups is 1. The molecule has 0 bridgehead atoms. The summed E-state index contributed by atoms with van der Waals surface area (Å²) < 4.78 is 10.3. The Hall–Kier alpha value is -2.17. The third kappa shape index (κ3) is 3.66. The van der Waals surface area contributed by atoms with Crippen molar-refractivity contribution in [1.82, 2.24) is 4.90 Å². The highest BCUT2D eigenvalue weighted by atomic mass is 32.2. The molecule has 1 aromatic carbocycles. The fourth-order valence-corrected chi connectivity index (χ4v) is 3.33. The van der Waals surface area contributed by atoms with Crippen molar-refractivity contribution in [2.75, 3.05) is 27.4 Å². The van der Waals surface area contributed by atoms with Gasteiger partial charge in [0.15, 0.2) is 5.75 Å². The minimum atomic E-state index is -0.723. The number of phenols is 1. The smallest absolute Gasteiger partial charge is 0.315 e. The zero-order valence-corrected chi connectivity index (χ0v) is 14.5. The molecule has 8 nitrogen and oxygen atoms in total. The van der Waals surface area contributed by atoms with Gasteiger partial charge in [0.2, 0.25) is 5.75 Å². The van der Waals surface area contributed by atoms with Gasteiger partial charge in [0.1, 0.15) is 4.32 Å². The van der Waals surface area contributed by atoms with Gasteiger partial charge in [-0.15, -0.1) is 0 Å². The Labute approximate surface area is 147 Å². The summed E-state index contributed by atoms with van der Waals surface area (Å²) in [5.41, 5.74) is -0.154. The molecule has 1 saturated heterocycles. The van der Waals surface area contributed by atoms with E-state index in [4.69, 9.17) is 21.7 Å². The lowest BCUT2D eigenvalue weighted by atomic mass is 10.1. The van der Waals surface area contributed by atoms with Crippen LogP contribution in [0.1, 0.15) is 5.56 Å². The molecule has 1 aliphatic heterocycles. The Kier molecular flexibility index (Phi) is 5.75. The van der Waals surface area contributed by atoms with Crippen molar-refractivity contribution in [2.45, 2.75) is 0 Å². The number of hydrogen-bond donors (Lipinski definition) is 1. The van der Waals surface area contributed by atoms with Crippen molar-refractivity contribution in [2.24, 2.45) is 0 Å². The van der Waals surface area contributed by atoms with Crippen LogP contribution in [0.15, 0.2) is 17.0 Å².